The summed E-state index contributed by atoms with van der Waals surface area (Å²) < 4.78 is 5.11. The number of aliphatic hydroxyl groups excluding tert-OH is 1. The molecule has 1 aliphatic rings. The summed E-state index contributed by atoms with van der Waals surface area (Å²) in [6, 6.07) is 3.47. The van der Waals surface area contributed by atoms with Gasteiger partial charge in [0.15, 0.2) is 5.76 Å². The van der Waals surface area contributed by atoms with E-state index in [1.54, 1.807) is 31.4 Å². The van der Waals surface area contributed by atoms with Gasteiger partial charge in [0, 0.05) is 5.56 Å². The van der Waals surface area contributed by atoms with Crippen molar-refractivity contribution in [3.63, 3.8) is 0 Å². The van der Waals surface area contributed by atoms with Crippen LogP contribution in [0.15, 0.2) is 30.0 Å². The second-order valence-corrected chi connectivity index (χ2v) is 3.20. The smallest absolute Gasteiger partial charge is 0.167 e. The van der Waals surface area contributed by atoms with Gasteiger partial charge < -0.3 is 15.6 Å². The van der Waals surface area contributed by atoms with Crippen molar-refractivity contribution >= 4 is 17.5 Å². The third-order valence-corrected chi connectivity index (χ3v) is 2.25. The molecular formula is C12H11NO2. The lowest BCUT2D eigenvalue weighted by atomic mass is 10.0. The lowest BCUT2D eigenvalue weighted by molar-refractivity contribution is 0.416. The standard InChI is InChI=1S/C12H11NO2/c1-15-12-6-8-4-2-3-5-11(14)9(8)7-10(12)13/h2-4,6-7,14H,13H2,1H3. The molecular weight excluding hydrogens is 190 g/mol. The third kappa shape index (κ3) is 1.60. The minimum absolute atomic E-state index is 0.0874. The molecule has 0 saturated carbocycles. The van der Waals surface area contributed by atoms with Gasteiger partial charge in [0.05, 0.1) is 12.8 Å². The molecule has 2 rings (SSSR count). The number of hydrogen-bond donors (Lipinski definition) is 2. The van der Waals surface area contributed by atoms with E-state index in [0.29, 0.717) is 17.0 Å². The van der Waals surface area contributed by atoms with Crippen molar-refractivity contribution < 1.29 is 9.84 Å². The number of aliphatic hydroxyl groups is 1. The lowest BCUT2D eigenvalue weighted by Crippen LogP contribution is -1.96. The van der Waals surface area contributed by atoms with Crippen molar-refractivity contribution in [2.45, 2.75) is 0 Å². The molecule has 0 aliphatic heterocycles. The Morgan fingerprint density at radius 2 is 2.20 bits per heavy atom. The minimum atomic E-state index is 0.0874. The quantitative estimate of drug-likeness (QED) is 0.541. The van der Waals surface area contributed by atoms with Crippen LogP contribution < -0.4 is 10.5 Å². The number of rotatable bonds is 1. The summed E-state index contributed by atoms with van der Waals surface area (Å²) in [7, 11) is 1.56. The molecule has 0 aromatic heterocycles. The molecule has 0 bridgehead atoms. The molecule has 1 aromatic carbocycles. The molecule has 1 aliphatic carbocycles. The van der Waals surface area contributed by atoms with E-state index in [4.69, 9.17) is 10.5 Å². The number of anilines is 1. The summed E-state index contributed by atoms with van der Waals surface area (Å²) in [5.41, 5.74) is 10.5. The normalized spacial score (nSPS) is 13.0. The molecule has 0 saturated heterocycles. The zero-order valence-corrected chi connectivity index (χ0v) is 8.32. The molecule has 0 radical (unpaired) electrons. The minimum Gasteiger partial charge on any atom is -0.501 e. The zero-order valence-electron chi connectivity index (χ0n) is 8.32. The molecule has 0 atom stereocenters. The first-order valence-corrected chi connectivity index (χ1v) is 4.52. The lowest BCUT2D eigenvalue weighted by Gasteiger charge is -2.09. The zero-order chi connectivity index (χ0) is 10.8. The average Bonchev–Trinajstić information content (AvgIpc) is 2.40. The number of fused-ring (bicyclic) bond motifs is 1. The van der Waals surface area contributed by atoms with Crippen molar-refractivity contribution in [1.82, 2.24) is 0 Å². The molecule has 0 amide bonds. The monoisotopic (exact) mass is 201 g/mol. The van der Waals surface area contributed by atoms with Gasteiger partial charge in [-0.05, 0) is 23.8 Å². The number of benzene rings is 1. The van der Waals surface area contributed by atoms with Gasteiger partial charge in [0.2, 0.25) is 0 Å². The molecule has 3 heteroatoms. The number of nitrogens with two attached hydrogens (primary N) is 1. The van der Waals surface area contributed by atoms with Crippen molar-refractivity contribution in [2.24, 2.45) is 0 Å². The molecule has 0 fully saturated rings. The van der Waals surface area contributed by atoms with Gasteiger partial charge in [-0.3, -0.25) is 0 Å². The van der Waals surface area contributed by atoms with E-state index in [1.807, 2.05) is 6.08 Å². The molecule has 3 nitrogen and oxygen atoms in total. The first-order chi connectivity index (χ1) is 7.22. The van der Waals surface area contributed by atoms with Crippen LogP contribution in [0.5, 0.6) is 5.75 Å². The van der Waals surface area contributed by atoms with E-state index in [2.05, 4.69) is 5.73 Å². The molecule has 0 spiro atoms. The third-order valence-electron chi connectivity index (χ3n) is 2.25. The van der Waals surface area contributed by atoms with Gasteiger partial charge >= 0.3 is 0 Å². The summed E-state index contributed by atoms with van der Waals surface area (Å²) in [4.78, 5) is 0. The second-order valence-electron chi connectivity index (χ2n) is 3.20. The SMILES string of the molecule is COc1cc2c(cc1N)C(O)=C=CC=C2. The predicted molar refractivity (Wildman–Crippen MR) is 60.6 cm³/mol. The van der Waals surface area contributed by atoms with Crippen LogP contribution in [0.3, 0.4) is 0 Å². The molecule has 1 aromatic rings. The van der Waals surface area contributed by atoms with Crippen LogP contribution in [0.4, 0.5) is 5.69 Å². The number of methoxy groups -OCH3 is 1. The highest BCUT2D eigenvalue weighted by Crippen LogP contribution is 2.30. The Bertz CT molecular complexity index is 495. The highest BCUT2D eigenvalue weighted by atomic mass is 16.5. The van der Waals surface area contributed by atoms with Crippen LogP contribution in [0, 0.1) is 0 Å². The molecule has 3 N–H and O–H groups in total. The number of nitrogen functional groups attached to an aromatic ring is 1. The summed E-state index contributed by atoms with van der Waals surface area (Å²) in [6.07, 6.45) is 5.32. The van der Waals surface area contributed by atoms with Crippen molar-refractivity contribution in [2.75, 3.05) is 12.8 Å². The van der Waals surface area contributed by atoms with Crippen LogP contribution >= 0.6 is 0 Å². The molecule has 15 heavy (non-hydrogen) atoms. The van der Waals surface area contributed by atoms with Gasteiger partial charge in [0.25, 0.3) is 0 Å². The van der Waals surface area contributed by atoms with E-state index >= 15 is 0 Å². The summed E-state index contributed by atoms with van der Waals surface area (Å²) >= 11 is 0. The fraction of sp³-hybridized carbons (Fsp3) is 0.0833. The Labute approximate surface area is 87.8 Å². The first-order valence-electron chi connectivity index (χ1n) is 4.52. The van der Waals surface area contributed by atoms with Crippen molar-refractivity contribution in [3.8, 4) is 5.75 Å². The summed E-state index contributed by atoms with van der Waals surface area (Å²) in [5.74, 6) is 0.692. The van der Waals surface area contributed by atoms with Gasteiger partial charge in [-0.15, -0.1) is 0 Å². The topological polar surface area (TPSA) is 55.5 Å². The number of ether oxygens (including phenoxy) is 1. The van der Waals surface area contributed by atoms with Gasteiger partial charge in [-0.25, -0.2) is 0 Å². The van der Waals surface area contributed by atoms with E-state index in [0.717, 1.165) is 5.56 Å². The predicted octanol–water partition coefficient (Wildman–Crippen LogP) is 2.36. The Balaban J connectivity index is 2.68. The van der Waals surface area contributed by atoms with E-state index < -0.39 is 0 Å². The van der Waals surface area contributed by atoms with Crippen molar-refractivity contribution in [1.29, 1.82) is 0 Å². The maximum atomic E-state index is 9.67. The maximum Gasteiger partial charge on any atom is 0.167 e. The van der Waals surface area contributed by atoms with E-state index in [9.17, 15) is 5.11 Å². The fourth-order valence-electron chi connectivity index (χ4n) is 1.49. The van der Waals surface area contributed by atoms with Gasteiger partial charge in [-0.2, -0.15) is 0 Å². The Hall–Kier alpha value is -2.12. The first kappa shape index (κ1) is 9.44. The number of hydrogen-bond acceptors (Lipinski definition) is 3. The van der Waals surface area contributed by atoms with Gasteiger partial charge in [0.1, 0.15) is 5.75 Å². The van der Waals surface area contributed by atoms with Crippen molar-refractivity contribution in [3.05, 3.63) is 41.1 Å². The van der Waals surface area contributed by atoms with Crippen LogP contribution in [-0.2, 0) is 0 Å². The molecule has 76 valence electrons. The second kappa shape index (κ2) is 3.56. The van der Waals surface area contributed by atoms with E-state index in [1.165, 1.54) is 0 Å². The highest BCUT2D eigenvalue weighted by molar-refractivity contribution is 5.77. The highest BCUT2D eigenvalue weighted by Gasteiger charge is 2.10. The summed E-state index contributed by atoms with van der Waals surface area (Å²) in [5, 5.41) is 9.67. The van der Waals surface area contributed by atoms with Crippen LogP contribution in [0.2, 0.25) is 0 Å². The van der Waals surface area contributed by atoms with Crippen LogP contribution in [-0.4, -0.2) is 12.2 Å². The molecule has 0 unspecified atom stereocenters. The maximum absolute atomic E-state index is 9.67. The van der Waals surface area contributed by atoms with Crippen LogP contribution in [0.1, 0.15) is 11.1 Å². The molecule has 0 heterocycles. The average molecular weight is 201 g/mol. The Kier molecular flexibility index (Phi) is 2.24. The number of allylic oxidation sites excluding steroid dienone is 2. The summed E-state index contributed by atoms with van der Waals surface area (Å²) in [6.45, 7) is 0. The fourth-order valence-corrected chi connectivity index (χ4v) is 1.49. The van der Waals surface area contributed by atoms with Crippen LogP contribution in [0.25, 0.3) is 11.8 Å². The largest absolute Gasteiger partial charge is 0.501 e. The van der Waals surface area contributed by atoms with Gasteiger partial charge in [-0.1, -0.05) is 17.9 Å². The Morgan fingerprint density at radius 3 is 2.93 bits per heavy atom. The Morgan fingerprint density at radius 1 is 1.40 bits per heavy atom. The van der Waals surface area contributed by atoms with E-state index in [-0.39, 0.29) is 5.76 Å².